The smallest absolute Gasteiger partial charge is 0.216 e. The van der Waals surface area contributed by atoms with Crippen molar-refractivity contribution in [2.75, 3.05) is 20.3 Å². The number of sulfonamides is 1. The molecule has 0 aromatic heterocycles. The molecule has 2 rings (SSSR count). The van der Waals surface area contributed by atoms with Crippen LogP contribution in [0.4, 0.5) is 0 Å². The molecule has 1 fully saturated rings. The zero-order valence-electron chi connectivity index (χ0n) is 11.8. The summed E-state index contributed by atoms with van der Waals surface area (Å²) >= 11 is 0. The summed E-state index contributed by atoms with van der Waals surface area (Å²) in [6.07, 6.45) is 1.76. The number of hydrogen-bond acceptors (Lipinski definition) is 4. The van der Waals surface area contributed by atoms with Gasteiger partial charge in [-0.05, 0) is 31.0 Å². The first-order valence-electron chi connectivity index (χ1n) is 6.89. The zero-order valence-corrected chi connectivity index (χ0v) is 12.6. The first-order valence-corrected chi connectivity index (χ1v) is 8.54. The molecule has 1 aromatic rings. The van der Waals surface area contributed by atoms with Gasteiger partial charge in [0, 0.05) is 19.2 Å². The number of ether oxygens (including phenoxy) is 1. The molecule has 0 spiro atoms. The Labute approximate surface area is 120 Å². The summed E-state index contributed by atoms with van der Waals surface area (Å²) in [5.74, 6) is 0.0172. The minimum absolute atomic E-state index is 0.0172. The van der Waals surface area contributed by atoms with Gasteiger partial charge in [-0.3, -0.25) is 0 Å². The highest BCUT2D eigenvalue weighted by atomic mass is 32.2. The Morgan fingerprint density at radius 2 is 1.95 bits per heavy atom. The van der Waals surface area contributed by atoms with Gasteiger partial charge in [-0.2, -0.15) is 0 Å². The van der Waals surface area contributed by atoms with E-state index in [9.17, 15) is 8.42 Å². The fourth-order valence-corrected chi connectivity index (χ4v) is 3.71. The third-order valence-electron chi connectivity index (χ3n) is 3.27. The van der Waals surface area contributed by atoms with Gasteiger partial charge in [0.25, 0.3) is 0 Å². The Bertz CT molecular complexity index is 508. The summed E-state index contributed by atoms with van der Waals surface area (Å²) in [4.78, 5) is 0. The van der Waals surface area contributed by atoms with Gasteiger partial charge < -0.3 is 10.1 Å². The van der Waals surface area contributed by atoms with Gasteiger partial charge in [0.1, 0.15) is 0 Å². The average Bonchev–Trinajstić information content (AvgIpc) is 2.41. The fraction of sp³-hybridized carbons (Fsp3) is 0.571. The second-order valence-electron chi connectivity index (χ2n) is 5.14. The van der Waals surface area contributed by atoms with Crippen LogP contribution in [0.3, 0.4) is 0 Å². The quantitative estimate of drug-likeness (QED) is 0.822. The molecule has 1 saturated heterocycles. The lowest BCUT2D eigenvalue weighted by molar-refractivity contribution is 0.0774. The van der Waals surface area contributed by atoms with Gasteiger partial charge in [0.2, 0.25) is 10.0 Å². The van der Waals surface area contributed by atoms with Crippen LogP contribution in [0.5, 0.6) is 0 Å². The van der Waals surface area contributed by atoms with Crippen molar-refractivity contribution >= 4 is 10.0 Å². The molecule has 1 aromatic carbocycles. The molecular weight excluding hydrogens is 276 g/mol. The number of hydrogen-bond donors (Lipinski definition) is 2. The largest absolute Gasteiger partial charge is 0.380 e. The highest BCUT2D eigenvalue weighted by Crippen LogP contribution is 2.11. The van der Waals surface area contributed by atoms with Crippen LogP contribution < -0.4 is 10.0 Å². The minimum atomic E-state index is -3.31. The third kappa shape index (κ3) is 4.86. The molecule has 0 saturated carbocycles. The lowest BCUT2D eigenvalue weighted by Gasteiger charge is -2.23. The molecule has 1 atom stereocenters. The zero-order chi connectivity index (χ0) is 14.4. The number of benzene rings is 1. The van der Waals surface area contributed by atoms with Crippen LogP contribution in [-0.4, -0.2) is 34.7 Å². The second-order valence-corrected chi connectivity index (χ2v) is 6.89. The van der Waals surface area contributed by atoms with Crippen LogP contribution in [0.2, 0.25) is 0 Å². The maximum absolute atomic E-state index is 12.1. The molecule has 0 amide bonds. The third-order valence-corrected chi connectivity index (χ3v) is 4.67. The minimum Gasteiger partial charge on any atom is -0.380 e. The van der Waals surface area contributed by atoms with Gasteiger partial charge in [-0.15, -0.1) is 0 Å². The van der Waals surface area contributed by atoms with Gasteiger partial charge in [0.15, 0.2) is 0 Å². The van der Waals surface area contributed by atoms with Crippen LogP contribution in [0.15, 0.2) is 24.3 Å². The fourth-order valence-electron chi connectivity index (χ4n) is 2.31. The Balaban J connectivity index is 1.93. The van der Waals surface area contributed by atoms with Crippen molar-refractivity contribution in [1.29, 1.82) is 0 Å². The van der Waals surface area contributed by atoms with Crippen LogP contribution in [0.25, 0.3) is 0 Å². The van der Waals surface area contributed by atoms with E-state index in [-0.39, 0.29) is 11.8 Å². The summed E-state index contributed by atoms with van der Waals surface area (Å²) in [6, 6.07) is 7.54. The predicted octanol–water partition coefficient (Wildman–Crippen LogP) is 1.00. The summed E-state index contributed by atoms with van der Waals surface area (Å²) in [5, 5.41) is 3.06. The lowest BCUT2D eigenvalue weighted by Crippen LogP contribution is -2.41. The number of nitrogens with one attached hydrogen (secondary N) is 2. The predicted molar refractivity (Wildman–Crippen MR) is 78.8 cm³/mol. The van der Waals surface area contributed by atoms with Crippen LogP contribution >= 0.6 is 0 Å². The summed E-state index contributed by atoms with van der Waals surface area (Å²) in [5.41, 5.74) is 1.94. The Kier molecular flexibility index (Phi) is 5.54. The molecule has 1 aliphatic heterocycles. The molecular formula is C14H22N2O3S. The monoisotopic (exact) mass is 298 g/mol. The van der Waals surface area contributed by atoms with Gasteiger partial charge in [-0.1, -0.05) is 24.3 Å². The SMILES string of the molecule is CNCc1ccc(CS(=O)(=O)NC2CCCOC2)cc1. The first-order chi connectivity index (χ1) is 9.59. The van der Waals surface area contributed by atoms with Crippen LogP contribution in [0, 0.1) is 0 Å². The van der Waals surface area contributed by atoms with Crippen molar-refractivity contribution in [2.24, 2.45) is 0 Å². The van der Waals surface area contributed by atoms with Crippen molar-refractivity contribution in [1.82, 2.24) is 10.0 Å². The molecule has 6 heteroatoms. The Hall–Kier alpha value is -0.950. The average molecular weight is 298 g/mol. The molecule has 1 aliphatic rings. The van der Waals surface area contributed by atoms with Gasteiger partial charge in [-0.25, -0.2) is 13.1 Å². The molecule has 5 nitrogen and oxygen atoms in total. The molecule has 1 heterocycles. The van der Waals surface area contributed by atoms with E-state index in [0.717, 1.165) is 37.1 Å². The second kappa shape index (κ2) is 7.17. The van der Waals surface area contributed by atoms with Crippen molar-refractivity contribution in [2.45, 2.75) is 31.2 Å². The molecule has 112 valence electrons. The lowest BCUT2D eigenvalue weighted by atomic mass is 10.1. The summed E-state index contributed by atoms with van der Waals surface area (Å²) in [6.45, 7) is 1.98. The molecule has 2 N–H and O–H groups in total. The van der Waals surface area contributed by atoms with E-state index in [0.29, 0.717) is 6.61 Å². The molecule has 1 unspecified atom stereocenters. The van der Waals surface area contributed by atoms with Crippen LogP contribution in [-0.2, 0) is 27.1 Å². The molecule has 20 heavy (non-hydrogen) atoms. The summed E-state index contributed by atoms with van der Waals surface area (Å²) < 4.78 is 32.2. The van der Waals surface area contributed by atoms with Crippen molar-refractivity contribution in [3.8, 4) is 0 Å². The number of rotatable bonds is 6. The topological polar surface area (TPSA) is 67.4 Å². The van der Waals surface area contributed by atoms with Gasteiger partial charge in [0.05, 0.1) is 12.4 Å². The van der Waals surface area contributed by atoms with Crippen molar-refractivity contribution in [3.05, 3.63) is 35.4 Å². The normalized spacial score (nSPS) is 19.9. The molecule has 0 aliphatic carbocycles. The standard InChI is InChI=1S/C14H22N2O3S/c1-15-9-12-4-6-13(7-5-12)11-20(17,18)16-14-3-2-8-19-10-14/h4-7,14-16H,2-3,8-11H2,1H3. The maximum atomic E-state index is 12.1. The maximum Gasteiger partial charge on any atom is 0.216 e. The summed E-state index contributed by atoms with van der Waals surface area (Å²) in [7, 11) is -1.42. The Morgan fingerprint density at radius 1 is 1.25 bits per heavy atom. The highest BCUT2D eigenvalue weighted by molar-refractivity contribution is 7.88. The van der Waals surface area contributed by atoms with E-state index in [1.165, 1.54) is 0 Å². The first kappa shape index (κ1) is 15.4. The van der Waals surface area contributed by atoms with E-state index in [2.05, 4.69) is 10.0 Å². The van der Waals surface area contributed by atoms with Crippen molar-refractivity contribution in [3.63, 3.8) is 0 Å². The van der Waals surface area contributed by atoms with E-state index in [1.54, 1.807) is 0 Å². The van der Waals surface area contributed by atoms with Crippen LogP contribution in [0.1, 0.15) is 24.0 Å². The Morgan fingerprint density at radius 3 is 2.55 bits per heavy atom. The molecule has 0 bridgehead atoms. The van der Waals surface area contributed by atoms with E-state index >= 15 is 0 Å². The highest BCUT2D eigenvalue weighted by Gasteiger charge is 2.20. The van der Waals surface area contributed by atoms with E-state index in [4.69, 9.17) is 4.74 Å². The van der Waals surface area contributed by atoms with Gasteiger partial charge >= 0.3 is 0 Å². The molecule has 0 radical (unpaired) electrons. The van der Waals surface area contributed by atoms with E-state index in [1.807, 2.05) is 31.3 Å². The van der Waals surface area contributed by atoms with E-state index < -0.39 is 10.0 Å². The van der Waals surface area contributed by atoms with Crippen molar-refractivity contribution < 1.29 is 13.2 Å².